The summed E-state index contributed by atoms with van der Waals surface area (Å²) in [6, 6.07) is 6.40. The maximum absolute atomic E-state index is 13.5. The van der Waals surface area contributed by atoms with Crippen molar-refractivity contribution >= 4 is 50.9 Å². The van der Waals surface area contributed by atoms with Crippen LogP contribution in [0.1, 0.15) is 37.0 Å². The van der Waals surface area contributed by atoms with Crippen LogP contribution >= 0.6 is 27.5 Å². The highest BCUT2D eigenvalue weighted by Gasteiger charge is 2.45. The zero-order valence-corrected chi connectivity index (χ0v) is 24.9. The standard InChI is InChI=1S/C27H34BrClN4O8/c1-13(2)33-7-5-14(6-8-33)25(38)32-21-17(26(39)31-20-4-3-16(29)11-30-20)9-15(28)10-18(21)40-27-24(37)23(36)22(35)19(12-34)41-27/h3-4,9-11,13-14,19,22-24,27,34-37H,5-8,12H2,1-2H3,(H,32,38)(H,30,31,39)/t19-,22-,23+,24-,27?/m1/s1. The highest BCUT2D eigenvalue weighted by atomic mass is 79.9. The molecule has 2 aromatic rings. The molecule has 12 nitrogen and oxygen atoms in total. The molecule has 0 radical (unpaired) electrons. The summed E-state index contributed by atoms with van der Waals surface area (Å²) in [5, 5.41) is 46.4. The van der Waals surface area contributed by atoms with Crippen molar-refractivity contribution in [3.8, 4) is 5.75 Å². The molecule has 2 aliphatic heterocycles. The molecule has 3 heterocycles. The molecule has 224 valence electrons. The van der Waals surface area contributed by atoms with Gasteiger partial charge in [0.15, 0.2) is 0 Å². The minimum Gasteiger partial charge on any atom is -0.460 e. The van der Waals surface area contributed by atoms with Gasteiger partial charge in [0.05, 0.1) is 22.9 Å². The molecule has 0 aliphatic carbocycles. The van der Waals surface area contributed by atoms with E-state index >= 15 is 0 Å². The number of rotatable bonds is 8. The first-order valence-corrected chi connectivity index (χ1v) is 14.4. The zero-order valence-electron chi connectivity index (χ0n) is 22.5. The van der Waals surface area contributed by atoms with Crippen molar-refractivity contribution in [3.05, 3.63) is 45.5 Å². The Morgan fingerprint density at radius 1 is 1.15 bits per heavy atom. The Kier molecular flexibility index (Phi) is 10.6. The normalized spacial score (nSPS) is 25.6. The molecule has 2 amide bonds. The number of aliphatic hydroxyl groups is 4. The lowest BCUT2D eigenvalue weighted by atomic mass is 9.95. The smallest absolute Gasteiger partial charge is 0.259 e. The summed E-state index contributed by atoms with van der Waals surface area (Å²) in [7, 11) is 0. The Bertz CT molecular complexity index is 1230. The first-order valence-electron chi connectivity index (χ1n) is 13.3. The van der Waals surface area contributed by atoms with Crippen molar-refractivity contribution in [2.24, 2.45) is 5.92 Å². The van der Waals surface area contributed by atoms with Gasteiger partial charge < -0.3 is 45.4 Å². The molecule has 1 unspecified atom stereocenters. The topological polar surface area (TPSA) is 174 Å². The molecule has 2 aliphatic rings. The molecular formula is C27H34BrClN4O8. The third-order valence-corrected chi connectivity index (χ3v) is 7.93. The number of aromatic nitrogens is 1. The van der Waals surface area contributed by atoms with Gasteiger partial charge in [-0.2, -0.15) is 0 Å². The summed E-state index contributed by atoms with van der Waals surface area (Å²) in [4.78, 5) is 33.3. The minimum absolute atomic E-state index is 0.00733. The fraction of sp³-hybridized carbons (Fsp3) is 0.519. The SMILES string of the molecule is CC(C)N1CCC(C(=O)Nc2c(OC3O[C@H](CO)[C@@H](O)[C@H](O)[C@H]3O)cc(Br)cc2C(=O)Nc2ccc(Cl)cn2)CC1. The minimum atomic E-state index is -1.70. The molecule has 4 rings (SSSR count). The number of hydrogen-bond donors (Lipinski definition) is 6. The van der Waals surface area contributed by atoms with Crippen LogP contribution in [-0.2, 0) is 9.53 Å². The van der Waals surface area contributed by atoms with Crippen molar-refractivity contribution in [1.29, 1.82) is 0 Å². The van der Waals surface area contributed by atoms with E-state index in [4.69, 9.17) is 21.1 Å². The number of halogens is 2. The molecule has 2 fully saturated rings. The number of carbonyl (C=O) groups is 2. The van der Waals surface area contributed by atoms with Crippen LogP contribution in [-0.4, -0.2) is 98.6 Å². The molecule has 41 heavy (non-hydrogen) atoms. The van der Waals surface area contributed by atoms with E-state index in [1.807, 2.05) is 0 Å². The van der Waals surface area contributed by atoms with Crippen molar-refractivity contribution in [3.63, 3.8) is 0 Å². The summed E-state index contributed by atoms with van der Waals surface area (Å²) in [6.07, 6.45) is -5.10. The van der Waals surface area contributed by atoms with Gasteiger partial charge in [0.2, 0.25) is 12.2 Å². The van der Waals surface area contributed by atoms with Crippen molar-refractivity contribution in [2.75, 3.05) is 30.3 Å². The second-order valence-electron chi connectivity index (χ2n) is 10.4. The number of nitrogens with one attached hydrogen (secondary N) is 2. The summed E-state index contributed by atoms with van der Waals surface area (Å²) in [5.74, 6) is -1.08. The van der Waals surface area contributed by atoms with E-state index in [2.05, 4.69) is 50.3 Å². The number of ether oxygens (including phenoxy) is 2. The molecule has 0 spiro atoms. The van der Waals surface area contributed by atoms with Crippen LogP contribution in [0.2, 0.25) is 5.02 Å². The highest BCUT2D eigenvalue weighted by molar-refractivity contribution is 9.10. The monoisotopic (exact) mass is 656 g/mol. The summed E-state index contributed by atoms with van der Waals surface area (Å²) in [6.45, 7) is 5.06. The molecule has 5 atom stereocenters. The Hall–Kier alpha value is -2.36. The number of aliphatic hydroxyl groups excluding tert-OH is 4. The maximum Gasteiger partial charge on any atom is 0.259 e. The Balaban J connectivity index is 1.66. The van der Waals surface area contributed by atoms with Crippen LogP contribution in [0.25, 0.3) is 0 Å². The van der Waals surface area contributed by atoms with Crippen molar-refractivity contribution < 1.29 is 39.5 Å². The first-order chi connectivity index (χ1) is 19.5. The van der Waals surface area contributed by atoms with Gasteiger partial charge in [0.1, 0.15) is 36.0 Å². The summed E-state index contributed by atoms with van der Waals surface area (Å²) >= 11 is 9.26. The quantitative estimate of drug-likeness (QED) is 0.247. The lowest BCUT2D eigenvalue weighted by molar-refractivity contribution is -0.277. The number of carbonyl (C=O) groups excluding carboxylic acids is 2. The lowest BCUT2D eigenvalue weighted by Crippen LogP contribution is -2.60. The van der Waals surface area contributed by atoms with Gasteiger partial charge in [-0.3, -0.25) is 9.59 Å². The number of benzene rings is 1. The molecule has 14 heteroatoms. The maximum atomic E-state index is 13.5. The van der Waals surface area contributed by atoms with Crippen LogP contribution < -0.4 is 15.4 Å². The Morgan fingerprint density at radius 3 is 2.46 bits per heavy atom. The van der Waals surface area contributed by atoms with Gasteiger partial charge in [-0.05, 0) is 64.0 Å². The molecule has 6 N–H and O–H groups in total. The second-order valence-corrected chi connectivity index (χ2v) is 11.7. The molecule has 1 aromatic carbocycles. The summed E-state index contributed by atoms with van der Waals surface area (Å²) < 4.78 is 11.8. The van der Waals surface area contributed by atoms with E-state index in [9.17, 15) is 30.0 Å². The predicted octanol–water partition coefficient (Wildman–Crippen LogP) is 1.99. The number of nitrogens with zero attached hydrogens (tertiary/aromatic N) is 2. The van der Waals surface area contributed by atoms with Gasteiger partial charge in [0, 0.05) is 22.6 Å². The molecular weight excluding hydrogens is 624 g/mol. The first kappa shape index (κ1) is 31.6. The van der Waals surface area contributed by atoms with Crippen LogP contribution in [0.5, 0.6) is 5.75 Å². The van der Waals surface area contributed by atoms with Crippen molar-refractivity contribution in [2.45, 2.75) is 63.4 Å². The number of anilines is 2. The molecule has 0 saturated carbocycles. The van der Waals surface area contributed by atoms with Gasteiger partial charge in [-0.1, -0.05) is 27.5 Å². The third kappa shape index (κ3) is 7.54. The van der Waals surface area contributed by atoms with E-state index in [0.717, 1.165) is 13.1 Å². The number of piperidine rings is 1. The van der Waals surface area contributed by atoms with E-state index in [-0.39, 0.29) is 34.6 Å². The van der Waals surface area contributed by atoms with Crippen LogP contribution in [0.3, 0.4) is 0 Å². The number of pyridine rings is 1. The average molecular weight is 658 g/mol. The van der Waals surface area contributed by atoms with Gasteiger partial charge >= 0.3 is 0 Å². The van der Waals surface area contributed by atoms with E-state index in [1.54, 1.807) is 6.07 Å². The van der Waals surface area contributed by atoms with Crippen LogP contribution in [0, 0.1) is 5.92 Å². The number of likely N-dealkylation sites (tertiary alicyclic amines) is 1. The largest absolute Gasteiger partial charge is 0.460 e. The highest BCUT2D eigenvalue weighted by Crippen LogP contribution is 2.37. The Labute approximate surface area is 250 Å². The lowest BCUT2D eigenvalue weighted by Gasteiger charge is -2.39. The molecule has 2 saturated heterocycles. The predicted molar refractivity (Wildman–Crippen MR) is 154 cm³/mol. The zero-order chi connectivity index (χ0) is 29.8. The fourth-order valence-corrected chi connectivity index (χ4v) is 5.36. The summed E-state index contributed by atoms with van der Waals surface area (Å²) in [5.41, 5.74) is 0.0246. The third-order valence-electron chi connectivity index (χ3n) is 7.25. The van der Waals surface area contributed by atoms with Gasteiger partial charge in [-0.25, -0.2) is 4.98 Å². The fourth-order valence-electron chi connectivity index (χ4n) is 4.81. The van der Waals surface area contributed by atoms with E-state index in [1.165, 1.54) is 24.4 Å². The average Bonchev–Trinajstić information content (AvgIpc) is 2.95. The number of amides is 2. The van der Waals surface area contributed by atoms with Gasteiger partial charge in [-0.15, -0.1) is 0 Å². The van der Waals surface area contributed by atoms with E-state index in [0.29, 0.717) is 28.4 Å². The van der Waals surface area contributed by atoms with Crippen molar-refractivity contribution in [1.82, 2.24) is 9.88 Å². The molecule has 1 aromatic heterocycles. The number of hydrogen-bond acceptors (Lipinski definition) is 10. The Morgan fingerprint density at radius 2 is 1.85 bits per heavy atom. The van der Waals surface area contributed by atoms with Crippen LogP contribution in [0.15, 0.2) is 34.9 Å². The van der Waals surface area contributed by atoms with Crippen LogP contribution in [0.4, 0.5) is 11.5 Å². The van der Waals surface area contributed by atoms with E-state index < -0.39 is 43.2 Å². The second kappa shape index (κ2) is 13.7. The molecule has 0 bridgehead atoms. The van der Waals surface area contributed by atoms with Gasteiger partial charge in [0.25, 0.3) is 5.91 Å².